The van der Waals surface area contributed by atoms with Crippen molar-refractivity contribution < 1.29 is 18.3 Å². The quantitative estimate of drug-likeness (QED) is 0.580. The van der Waals surface area contributed by atoms with Crippen LogP contribution in [0.1, 0.15) is 27.5 Å². The van der Waals surface area contributed by atoms with Crippen LogP contribution in [-0.4, -0.2) is 49.1 Å². The Morgan fingerprint density at radius 3 is 1.97 bits per heavy atom. The molecule has 5 nitrogen and oxygen atoms in total. The highest BCUT2D eigenvalue weighted by molar-refractivity contribution is 5.90. The van der Waals surface area contributed by atoms with Crippen LogP contribution in [-0.2, 0) is 4.74 Å². The van der Waals surface area contributed by atoms with Gasteiger partial charge < -0.3 is 9.64 Å². The maximum absolute atomic E-state index is 13.5. The number of halogens is 2. The van der Waals surface area contributed by atoms with E-state index in [0.29, 0.717) is 18.7 Å². The first-order valence-electron chi connectivity index (χ1n) is 10.1. The molecule has 1 saturated heterocycles. The minimum atomic E-state index is -0.394. The Bertz CT molecular complexity index is 988. The predicted octanol–water partition coefficient (Wildman–Crippen LogP) is 4.06. The molecule has 0 amide bonds. The van der Waals surface area contributed by atoms with Crippen molar-refractivity contribution in [3.05, 3.63) is 95.2 Å². The lowest BCUT2D eigenvalue weighted by Crippen LogP contribution is -2.48. The van der Waals surface area contributed by atoms with Gasteiger partial charge in [-0.05, 0) is 47.5 Å². The van der Waals surface area contributed by atoms with E-state index in [1.54, 1.807) is 42.6 Å². The van der Waals surface area contributed by atoms with Gasteiger partial charge in [-0.2, -0.15) is 0 Å². The van der Waals surface area contributed by atoms with Crippen molar-refractivity contribution in [3.8, 4) is 0 Å². The number of piperazine rings is 1. The Balaban J connectivity index is 1.54. The van der Waals surface area contributed by atoms with Crippen LogP contribution in [0.5, 0.6) is 0 Å². The van der Waals surface area contributed by atoms with Gasteiger partial charge >= 0.3 is 5.97 Å². The molecule has 2 aromatic carbocycles. The normalized spacial score (nSPS) is 14.6. The molecule has 31 heavy (non-hydrogen) atoms. The Morgan fingerprint density at radius 2 is 1.45 bits per heavy atom. The van der Waals surface area contributed by atoms with Crippen LogP contribution in [0.4, 0.5) is 14.6 Å². The van der Waals surface area contributed by atoms with Crippen LogP contribution in [0, 0.1) is 11.6 Å². The number of ether oxygens (including phenoxy) is 1. The number of carbonyl (C=O) groups is 1. The third-order valence-corrected chi connectivity index (χ3v) is 5.54. The molecule has 0 spiro atoms. The van der Waals surface area contributed by atoms with Crippen molar-refractivity contribution in [2.75, 3.05) is 38.2 Å². The lowest BCUT2D eigenvalue weighted by atomic mass is 9.96. The van der Waals surface area contributed by atoms with Gasteiger partial charge in [-0.15, -0.1) is 0 Å². The fraction of sp³-hybridized carbons (Fsp3) is 0.250. The summed E-state index contributed by atoms with van der Waals surface area (Å²) in [6, 6.07) is 16.1. The molecule has 0 atom stereocenters. The largest absolute Gasteiger partial charge is 0.465 e. The molecule has 1 aliphatic heterocycles. The second-order valence-corrected chi connectivity index (χ2v) is 7.42. The number of hydrogen-bond acceptors (Lipinski definition) is 5. The lowest BCUT2D eigenvalue weighted by Gasteiger charge is -2.40. The fourth-order valence-corrected chi connectivity index (χ4v) is 3.95. The summed E-state index contributed by atoms with van der Waals surface area (Å²) in [6.07, 6.45) is 1.60. The molecule has 7 heteroatoms. The van der Waals surface area contributed by atoms with Gasteiger partial charge in [0.2, 0.25) is 0 Å². The van der Waals surface area contributed by atoms with E-state index in [4.69, 9.17) is 4.74 Å². The molecule has 0 radical (unpaired) electrons. The Morgan fingerprint density at radius 1 is 0.903 bits per heavy atom. The molecule has 3 aromatic rings. The molecule has 0 aliphatic carbocycles. The summed E-state index contributed by atoms with van der Waals surface area (Å²) in [6.45, 7) is 2.86. The minimum absolute atomic E-state index is 0.113. The highest BCUT2D eigenvalue weighted by Crippen LogP contribution is 2.30. The van der Waals surface area contributed by atoms with Gasteiger partial charge in [0.05, 0.1) is 18.7 Å². The van der Waals surface area contributed by atoms with Crippen molar-refractivity contribution in [2.45, 2.75) is 6.04 Å². The van der Waals surface area contributed by atoms with Gasteiger partial charge in [-0.3, -0.25) is 4.90 Å². The molecule has 0 bridgehead atoms. The third kappa shape index (κ3) is 4.72. The summed E-state index contributed by atoms with van der Waals surface area (Å²) < 4.78 is 31.8. The maximum atomic E-state index is 13.5. The van der Waals surface area contributed by atoms with Crippen molar-refractivity contribution in [1.82, 2.24) is 9.88 Å². The molecular formula is C24H23F2N3O2. The molecule has 160 valence electrons. The van der Waals surface area contributed by atoms with Crippen molar-refractivity contribution >= 4 is 11.8 Å². The number of carbonyl (C=O) groups excluding carboxylic acids is 1. The topological polar surface area (TPSA) is 45.7 Å². The molecule has 0 N–H and O–H groups in total. The summed E-state index contributed by atoms with van der Waals surface area (Å²) in [7, 11) is 1.35. The molecule has 0 unspecified atom stereocenters. The highest BCUT2D eigenvalue weighted by Gasteiger charge is 2.27. The Hall–Kier alpha value is -3.32. The summed E-state index contributed by atoms with van der Waals surface area (Å²) in [5.74, 6) is -0.247. The standard InChI is InChI=1S/C24H23F2N3O2/c1-31-24(30)19-10-11-27-22(16-19)28-12-14-29(15-13-28)23(17-2-6-20(25)7-3-17)18-4-8-21(26)9-5-18/h2-11,16,23H,12-15H2,1H3. The van der Waals surface area contributed by atoms with Gasteiger partial charge in [0.1, 0.15) is 17.5 Å². The zero-order valence-corrected chi connectivity index (χ0v) is 17.2. The molecule has 1 aromatic heterocycles. The molecule has 2 heterocycles. The van der Waals surface area contributed by atoms with Gasteiger partial charge in [-0.25, -0.2) is 18.6 Å². The van der Waals surface area contributed by atoms with E-state index >= 15 is 0 Å². The highest BCUT2D eigenvalue weighted by atomic mass is 19.1. The molecule has 0 saturated carbocycles. The fourth-order valence-electron chi connectivity index (χ4n) is 3.95. The van der Waals surface area contributed by atoms with E-state index in [0.717, 1.165) is 30.0 Å². The van der Waals surface area contributed by atoms with E-state index in [-0.39, 0.29) is 17.7 Å². The van der Waals surface area contributed by atoms with Gasteiger partial charge in [0, 0.05) is 32.4 Å². The van der Waals surface area contributed by atoms with E-state index in [2.05, 4.69) is 14.8 Å². The second-order valence-electron chi connectivity index (χ2n) is 7.42. The monoisotopic (exact) mass is 423 g/mol. The van der Waals surface area contributed by atoms with Crippen LogP contribution >= 0.6 is 0 Å². The van der Waals surface area contributed by atoms with E-state index in [9.17, 15) is 13.6 Å². The van der Waals surface area contributed by atoms with Crippen molar-refractivity contribution in [3.63, 3.8) is 0 Å². The van der Waals surface area contributed by atoms with Crippen molar-refractivity contribution in [1.29, 1.82) is 0 Å². The van der Waals surface area contributed by atoms with Crippen molar-refractivity contribution in [2.24, 2.45) is 0 Å². The smallest absolute Gasteiger partial charge is 0.338 e. The molecular weight excluding hydrogens is 400 g/mol. The SMILES string of the molecule is COC(=O)c1ccnc(N2CCN(C(c3ccc(F)cc3)c3ccc(F)cc3)CC2)c1. The first-order valence-corrected chi connectivity index (χ1v) is 10.1. The number of hydrogen-bond donors (Lipinski definition) is 0. The number of nitrogens with zero attached hydrogens (tertiary/aromatic N) is 3. The lowest BCUT2D eigenvalue weighted by molar-refractivity contribution is 0.0600. The Labute approximate surface area is 179 Å². The Kier molecular flexibility index (Phi) is 6.23. The van der Waals surface area contributed by atoms with Crippen LogP contribution in [0.3, 0.4) is 0 Å². The predicted molar refractivity (Wildman–Crippen MR) is 114 cm³/mol. The van der Waals surface area contributed by atoms with Crippen LogP contribution < -0.4 is 4.90 Å². The van der Waals surface area contributed by atoms with E-state index in [1.807, 2.05) is 0 Å². The number of anilines is 1. The summed E-state index contributed by atoms with van der Waals surface area (Å²) in [4.78, 5) is 20.6. The summed E-state index contributed by atoms with van der Waals surface area (Å²) >= 11 is 0. The number of esters is 1. The number of rotatable bonds is 5. The minimum Gasteiger partial charge on any atom is -0.465 e. The maximum Gasteiger partial charge on any atom is 0.338 e. The molecule has 1 aliphatic rings. The average Bonchev–Trinajstić information content (AvgIpc) is 2.82. The first-order chi connectivity index (χ1) is 15.0. The zero-order valence-electron chi connectivity index (χ0n) is 17.2. The van der Waals surface area contributed by atoms with Gasteiger partial charge in [0.15, 0.2) is 0 Å². The van der Waals surface area contributed by atoms with Crippen LogP contribution in [0.25, 0.3) is 0 Å². The summed E-state index contributed by atoms with van der Waals surface area (Å²) in [5, 5.41) is 0. The van der Waals surface area contributed by atoms with Gasteiger partial charge in [0.25, 0.3) is 0 Å². The number of pyridine rings is 1. The summed E-state index contributed by atoms with van der Waals surface area (Å²) in [5.41, 5.74) is 2.37. The van der Waals surface area contributed by atoms with Crippen LogP contribution in [0.2, 0.25) is 0 Å². The molecule has 4 rings (SSSR count). The molecule has 1 fully saturated rings. The number of methoxy groups -OCH3 is 1. The average molecular weight is 423 g/mol. The number of aromatic nitrogens is 1. The van der Waals surface area contributed by atoms with E-state index < -0.39 is 5.97 Å². The zero-order chi connectivity index (χ0) is 21.8. The second kappa shape index (κ2) is 9.22. The van der Waals surface area contributed by atoms with Gasteiger partial charge in [-0.1, -0.05) is 24.3 Å². The van der Waals surface area contributed by atoms with Crippen LogP contribution in [0.15, 0.2) is 66.9 Å². The first kappa shape index (κ1) is 20.9. The third-order valence-electron chi connectivity index (χ3n) is 5.54. The number of benzene rings is 2. The van der Waals surface area contributed by atoms with E-state index in [1.165, 1.54) is 31.4 Å².